The zero-order chi connectivity index (χ0) is 19.3. The highest BCUT2D eigenvalue weighted by Gasteiger charge is 2.34. The van der Waals surface area contributed by atoms with Crippen LogP contribution in [0.5, 0.6) is 11.5 Å². The summed E-state index contributed by atoms with van der Waals surface area (Å²) in [7, 11) is 1.56. The minimum atomic E-state index is -0.370. The maximum Gasteiger partial charge on any atom is 0.143 e. The zero-order valence-electron chi connectivity index (χ0n) is 16.3. The smallest absolute Gasteiger partial charge is 0.143 e. The van der Waals surface area contributed by atoms with E-state index in [9.17, 15) is 4.39 Å². The Kier molecular flexibility index (Phi) is 4.02. The summed E-state index contributed by atoms with van der Waals surface area (Å²) in [5.74, 6) is 0.620. The number of benzene rings is 2. The molecule has 2 aromatic rings. The van der Waals surface area contributed by atoms with E-state index in [2.05, 4.69) is 44.3 Å². The van der Waals surface area contributed by atoms with Crippen LogP contribution < -0.4 is 14.8 Å². The minimum absolute atomic E-state index is 0.115. The van der Waals surface area contributed by atoms with Crippen LogP contribution in [0.2, 0.25) is 0 Å². The molecule has 0 spiro atoms. The van der Waals surface area contributed by atoms with Gasteiger partial charge in [0.25, 0.3) is 0 Å². The van der Waals surface area contributed by atoms with Crippen LogP contribution in [0, 0.1) is 5.82 Å². The second-order valence-electron chi connectivity index (χ2n) is 7.67. The average Bonchev–Trinajstić information content (AvgIpc) is 2.59. The molecule has 27 heavy (non-hydrogen) atoms. The zero-order valence-corrected chi connectivity index (χ0v) is 16.3. The van der Waals surface area contributed by atoms with Crippen LogP contribution in [0.4, 0.5) is 10.1 Å². The van der Waals surface area contributed by atoms with E-state index in [0.29, 0.717) is 11.5 Å². The molecule has 2 aromatic carbocycles. The summed E-state index contributed by atoms with van der Waals surface area (Å²) < 4.78 is 25.8. The van der Waals surface area contributed by atoms with Gasteiger partial charge in [0.1, 0.15) is 23.4 Å². The lowest BCUT2D eigenvalue weighted by Gasteiger charge is -2.36. The summed E-state index contributed by atoms with van der Waals surface area (Å²) in [5, 5.41) is 3.59. The molecule has 0 bridgehead atoms. The largest absolute Gasteiger partial charge is 0.496 e. The number of hydrogen-bond acceptors (Lipinski definition) is 3. The molecule has 2 aliphatic rings. The van der Waals surface area contributed by atoms with Crippen molar-refractivity contribution >= 4 is 11.3 Å². The molecule has 0 fully saturated rings. The van der Waals surface area contributed by atoms with E-state index < -0.39 is 0 Å². The van der Waals surface area contributed by atoms with Crippen LogP contribution in [0.15, 0.2) is 42.5 Å². The molecule has 1 unspecified atom stereocenters. The predicted octanol–water partition coefficient (Wildman–Crippen LogP) is 6.12. The van der Waals surface area contributed by atoms with E-state index >= 15 is 0 Å². The van der Waals surface area contributed by atoms with Crippen molar-refractivity contribution in [3.63, 3.8) is 0 Å². The Bertz CT molecular complexity index is 988. The maximum atomic E-state index is 14.1. The molecule has 1 N–H and O–H groups in total. The predicted molar refractivity (Wildman–Crippen MR) is 108 cm³/mol. The third kappa shape index (κ3) is 2.80. The molecule has 0 radical (unpaired) electrons. The van der Waals surface area contributed by atoms with Gasteiger partial charge in [-0.15, -0.1) is 0 Å². The first-order valence-electron chi connectivity index (χ1n) is 9.17. The molecule has 4 heteroatoms. The van der Waals surface area contributed by atoms with Crippen LogP contribution >= 0.6 is 0 Å². The number of nitrogens with one attached hydrogen (secondary N) is 1. The summed E-state index contributed by atoms with van der Waals surface area (Å²) >= 11 is 0. The Morgan fingerprint density at radius 1 is 1.22 bits per heavy atom. The van der Waals surface area contributed by atoms with Crippen molar-refractivity contribution in [3.8, 4) is 22.6 Å². The summed E-state index contributed by atoms with van der Waals surface area (Å²) in [5.41, 5.74) is 6.22. The summed E-state index contributed by atoms with van der Waals surface area (Å²) in [6.45, 7) is 8.40. The van der Waals surface area contributed by atoms with Crippen molar-refractivity contribution < 1.29 is 13.9 Å². The molecular weight excluding hydrogens is 341 g/mol. The van der Waals surface area contributed by atoms with Crippen molar-refractivity contribution in [2.75, 3.05) is 12.4 Å². The second kappa shape index (κ2) is 6.15. The summed E-state index contributed by atoms with van der Waals surface area (Å²) in [6.07, 6.45) is 5.92. The molecule has 2 aliphatic heterocycles. The molecule has 0 saturated heterocycles. The Hall–Kier alpha value is -2.75. The number of rotatable bonds is 2. The fourth-order valence-corrected chi connectivity index (χ4v) is 4.24. The number of fused-ring (bicyclic) bond motifs is 5. The lowest BCUT2D eigenvalue weighted by molar-refractivity contribution is 0.248. The molecule has 3 nitrogen and oxygen atoms in total. The van der Waals surface area contributed by atoms with Gasteiger partial charge < -0.3 is 14.8 Å². The van der Waals surface area contributed by atoms with Gasteiger partial charge in [0.05, 0.1) is 18.2 Å². The molecule has 0 saturated carbocycles. The molecule has 0 aliphatic carbocycles. The number of methoxy groups -OCH3 is 1. The lowest BCUT2D eigenvalue weighted by atomic mass is 9.81. The van der Waals surface area contributed by atoms with E-state index in [1.54, 1.807) is 7.11 Å². The molecular formula is C23H24FNO2. The van der Waals surface area contributed by atoms with Crippen LogP contribution in [0.3, 0.4) is 0 Å². The third-order valence-electron chi connectivity index (χ3n) is 5.10. The standard InChI is InChI=1S/C23H24FNO2/c1-6-7-17-22-15(21-18(26-5)10-14(24)11-19(21)27-17)8-9-16-20(22)13(2)12-23(3,4)25-16/h6-12,17,25H,1-5H3. The van der Waals surface area contributed by atoms with Crippen LogP contribution in [-0.4, -0.2) is 12.6 Å². The van der Waals surface area contributed by atoms with E-state index in [1.165, 1.54) is 17.7 Å². The Morgan fingerprint density at radius 2 is 2.00 bits per heavy atom. The van der Waals surface area contributed by atoms with Gasteiger partial charge in [-0.1, -0.05) is 18.2 Å². The highest BCUT2D eigenvalue weighted by atomic mass is 19.1. The fraction of sp³-hybridized carbons (Fsp3) is 0.304. The highest BCUT2D eigenvalue weighted by Crippen LogP contribution is 2.52. The number of allylic oxidation sites excluding steroid dienone is 2. The Morgan fingerprint density at radius 3 is 2.70 bits per heavy atom. The SMILES string of the molecule is CC=CC1Oc2cc(F)cc(OC)c2-c2ccc3c(c21)C(C)=CC(C)(C)N3. The molecule has 140 valence electrons. The van der Waals surface area contributed by atoms with Crippen molar-refractivity contribution in [2.45, 2.75) is 39.3 Å². The van der Waals surface area contributed by atoms with Gasteiger partial charge in [-0.3, -0.25) is 0 Å². The summed E-state index contributed by atoms with van der Waals surface area (Å²) in [6, 6.07) is 7.01. The number of ether oxygens (including phenoxy) is 2. The number of hydrogen-bond donors (Lipinski definition) is 1. The highest BCUT2D eigenvalue weighted by molar-refractivity contribution is 5.91. The van der Waals surface area contributed by atoms with Gasteiger partial charge in [0.2, 0.25) is 0 Å². The van der Waals surface area contributed by atoms with Crippen molar-refractivity contribution in [1.29, 1.82) is 0 Å². The van der Waals surface area contributed by atoms with Gasteiger partial charge in [0.15, 0.2) is 0 Å². The van der Waals surface area contributed by atoms with E-state index in [1.807, 2.05) is 19.1 Å². The van der Waals surface area contributed by atoms with Crippen molar-refractivity contribution in [1.82, 2.24) is 0 Å². The molecule has 0 aromatic heterocycles. The molecule has 4 rings (SSSR count). The van der Waals surface area contributed by atoms with Crippen molar-refractivity contribution in [2.24, 2.45) is 0 Å². The normalized spacial score (nSPS) is 19.3. The monoisotopic (exact) mass is 365 g/mol. The first kappa shape index (κ1) is 17.7. The minimum Gasteiger partial charge on any atom is -0.496 e. The molecule has 1 atom stereocenters. The van der Waals surface area contributed by atoms with E-state index in [-0.39, 0.29) is 17.5 Å². The van der Waals surface area contributed by atoms with Crippen LogP contribution in [0.25, 0.3) is 16.7 Å². The topological polar surface area (TPSA) is 30.5 Å². The van der Waals surface area contributed by atoms with Gasteiger partial charge in [-0.05, 0) is 51.0 Å². The Balaban J connectivity index is 2.05. The van der Waals surface area contributed by atoms with E-state index in [4.69, 9.17) is 9.47 Å². The van der Waals surface area contributed by atoms with Gasteiger partial charge >= 0.3 is 0 Å². The quantitative estimate of drug-likeness (QED) is 0.651. The number of anilines is 1. The first-order valence-corrected chi connectivity index (χ1v) is 9.17. The Labute approximate surface area is 159 Å². The van der Waals surface area contributed by atoms with Crippen LogP contribution in [-0.2, 0) is 0 Å². The summed E-state index contributed by atoms with van der Waals surface area (Å²) in [4.78, 5) is 0. The maximum absolute atomic E-state index is 14.1. The van der Waals surface area contributed by atoms with Crippen LogP contribution in [0.1, 0.15) is 44.9 Å². The van der Waals surface area contributed by atoms with Crippen molar-refractivity contribution in [3.05, 3.63) is 59.4 Å². The van der Waals surface area contributed by atoms with E-state index in [0.717, 1.165) is 27.9 Å². The lowest BCUT2D eigenvalue weighted by Crippen LogP contribution is -2.32. The second-order valence-corrected chi connectivity index (χ2v) is 7.67. The first-order chi connectivity index (χ1) is 12.8. The third-order valence-corrected chi connectivity index (χ3v) is 5.10. The fourth-order valence-electron chi connectivity index (χ4n) is 4.24. The number of halogens is 1. The van der Waals surface area contributed by atoms with Gasteiger partial charge in [-0.2, -0.15) is 0 Å². The molecule has 2 heterocycles. The van der Waals surface area contributed by atoms with Gasteiger partial charge in [0, 0.05) is 28.9 Å². The molecule has 0 amide bonds. The average molecular weight is 365 g/mol. The van der Waals surface area contributed by atoms with Gasteiger partial charge in [-0.25, -0.2) is 4.39 Å².